The van der Waals surface area contributed by atoms with Crippen LogP contribution in [0, 0.1) is 0 Å². The number of fused-ring (bicyclic) bond motifs is 1. The molecule has 0 amide bonds. The normalized spacial score (nSPS) is 10.5. The van der Waals surface area contributed by atoms with Crippen molar-refractivity contribution in [3.63, 3.8) is 0 Å². The SMILES string of the molecule is O=C(O)c1[nH]cc2cc(Br)cnc12. The number of H-pyrrole nitrogens is 1. The van der Waals surface area contributed by atoms with Crippen molar-refractivity contribution in [3.8, 4) is 0 Å². The van der Waals surface area contributed by atoms with Gasteiger partial charge in [0.25, 0.3) is 0 Å². The molecular formula is C8H5BrN2O2. The third kappa shape index (κ3) is 1.31. The van der Waals surface area contributed by atoms with Crippen LogP contribution in [0.4, 0.5) is 0 Å². The van der Waals surface area contributed by atoms with E-state index in [0.29, 0.717) is 5.52 Å². The van der Waals surface area contributed by atoms with Crippen molar-refractivity contribution in [1.29, 1.82) is 0 Å². The Morgan fingerprint density at radius 1 is 1.62 bits per heavy atom. The van der Waals surface area contributed by atoms with Crippen molar-refractivity contribution >= 4 is 32.8 Å². The van der Waals surface area contributed by atoms with Crippen molar-refractivity contribution in [1.82, 2.24) is 9.97 Å². The smallest absolute Gasteiger partial charge is 0.354 e. The van der Waals surface area contributed by atoms with E-state index < -0.39 is 5.97 Å². The molecule has 0 aliphatic heterocycles. The molecule has 2 heterocycles. The van der Waals surface area contributed by atoms with Crippen LogP contribution in [0.3, 0.4) is 0 Å². The second-order valence-electron chi connectivity index (χ2n) is 2.56. The number of rotatable bonds is 1. The molecule has 13 heavy (non-hydrogen) atoms. The minimum atomic E-state index is -0.996. The first-order chi connectivity index (χ1) is 6.18. The highest BCUT2D eigenvalue weighted by Gasteiger charge is 2.11. The lowest BCUT2D eigenvalue weighted by Gasteiger charge is -1.91. The van der Waals surface area contributed by atoms with Gasteiger partial charge in [-0.15, -0.1) is 0 Å². The van der Waals surface area contributed by atoms with Crippen LogP contribution in [-0.4, -0.2) is 21.0 Å². The quantitative estimate of drug-likeness (QED) is 0.802. The van der Waals surface area contributed by atoms with Gasteiger partial charge in [-0.2, -0.15) is 0 Å². The van der Waals surface area contributed by atoms with E-state index in [1.807, 2.05) is 6.07 Å². The van der Waals surface area contributed by atoms with Crippen molar-refractivity contribution in [2.75, 3.05) is 0 Å². The number of hydrogen-bond donors (Lipinski definition) is 2. The van der Waals surface area contributed by atoms with Crippen LogP contribution < -0.4 is 0 Å². The molecule has 0 aliphatic rings. The number of aromatic amines is 1. The van der Waals surface area contributed by atoms with Gasteiger partial charge in [0.15, 0.2) is 5.69 Å². The fourth-order valence-corrected chi connectivity index (χ4v) is 1.50. The van der Waals surface area contributed by atoms with E-state index >= 15 is 0 Å². The zero-order valence-electron chi connectivity index (χ0n) is 6.41. The molecule has 0 atom stereocenters. The van der Waals surface area contributed by atoms with E-state index in [-0.39, 0.29) is 5.69 Å². The van der Waals surface area contributed by atoms with E-state index in [9.17, 15) is 4.79 Å². The number of halogens is 1. The number of pyridine rings is 1. The van der Waals surface area contributed by atoms with Crippen molar-refractivity contribution in [3.05, 3.63) is 28.6 Å². The molecule has 2 N–H and O–H groups in total. The number of hydrogen-bond acceptors (Lipinski definition) is 2. The van der Waals surface area contributed by atoms with Crippen molar-refractivity contribution in [2.45, 2.75) is 0 Å². The summed E-state index contributed by atoms with van der Waals surface area (Å²) in [5.74, 6) is -0.996. The Kier molecular flexibility index (Phi) is 1.81. The van der Waals surface area contributed by atoms with Gasteiger partial charge in [0, 0.05) is 22.3 Å². The lowest BCUT2D eigenvalue weighted by Crippen LogP contribution is -1.97. The van der Waals surface area contributed by atoms with Crippen LogP contribution in [0.5, 0.6) is 0 Å². The molecule has 0 aliphatic carbocycles. The Labute approximate surface area is 81.7 Å². The first kappa shape index (κ1) is 8.25. The van der Waals surface area contributed by atoms with Crippen molar-refractivity contribution in [2.24, 2.45) is 0 Å². The number of nitrogens with zero attached hydrogens (tertiary/aromatic N) is 1. The fraction of sp³-hybridized carbons (Fsp3) is 0. The number of carboxylic acids is 1. The Hall–Kier alpha value is -1.36. The summed E-state index contributed by atoms with van der Waals surface area (Å²) in [5.41, 5.74) is 0.609. The predicted molar refractivity (Wildman–Crippen MR) is 50.8 cm³/mol. The molecule has 0 saturated carbocycles. The van der Waals surface area contributed by atoms with E-state index in [4.69, 9.17) is 5.11 Å². The summed E-state index contributed by atoms with van der Waals surface area (Å²) in [7, 11) is 0. The van der Waals surface area contributed by atoms with Gasteiger partial charge in [-0.05, 0) is 22.0 Å². The molecule has 0 bridgehead atoms. The van der Waals surface area contributed by atoms with Crippen LogP contribution in [0.15, 0.2) is 22.9 Å². The molecule has 66 valence electrons. The lowest BCUT2D eigenvalue weighted by molar-refractivity contribution is 0.0693. The van der Waals surface area contributed by atoms with Gasteiger partial charge in [0.1, 0.15) is 5.52 Å². The monoisotopic (exact) mass is 240 g/mol. The highest BCUT2D eigenvalue weighted by Crippen LogP contribution is 2.19. The molecule has 0 saturated heterocycles. The lowest BCUT2D eigenvalue weighted by atomic mass is 10.3. The summed E-state index contributed by atoms with van der Waals surface area (Å²) < 4.78 is 0.830. The Balaban J connectivity index is 2.76. The third-order valence-corrected chi connectivity index (χ3v) is 2.14. The summed E-state index contributed by atoms with van der Waals surface area (Å²) in [4.78, 5) is 17.3. The molecule has 2 aromatic rings. The topological polar surface area (TPSA) is 66.0 Å². The molecule has 2 rings (SSSR count). The molecule has 0 aromatic carbocycles. The van der Waals surface area contributed by atoms with Gasteiger partial charge in [0.2, 0.25) is 0 Å². The van der Waals surface area contributed by atoms with Gasteiger partial charge in [-0.3, -0.25) is 4.98 Å². The van der Waals surface area contributed by atoms with E-state index in [1.165, 1.54) is 0 Å². The zero-order chi connectivity index (χ0) is 9.42. The molecule has 0 fully saturated rings. The maximum absolute atomic E-state index is 10.7. The van der Waals surface area contributed by atoms with E-state index in [0.717, 1.165) is 9.86 Å². The number of nitrogens with one attached hydrogen (secondary N) is 1. The molecule has 4 nitrogen and oxygen atoms in total. The van der Waals surface area contributed by atoms with Gasteiger partial charge < -0.3 is 10.1 Å². The highest BCUT2D eigenvalue weighted by molar-refractivity contribution is 9.10. The van der Waals surface area contributed by atoms with Crippen LogP contribution in [0.25, 0.3) is 10.9 Å². The second kappa shape index (κ2) is 2.85. The molecule has 5 heteroatoms. The zero-order valence-corrected chi connectivity index (χ0v) is 8.00. The average Bonchev–Trinajstić information content (AvgIpc) is 2.46. The Morgan fingerprint density at radius 2 is 2.38 bits per heavy atom. The fourth-order valence-electron chi connectivity index (χ4n) is 1.16. The van der Waals surface area contributed by atoms with Crippen LogP contribution in [-0.2, 0) is 0 Å². The molecule has 0 radical (unpaired) electrons. The maximum Gasteiger partial charge on any atom is 0.354 e. The van der Waals surface area contributed by atoms with E-state index in [1.54, 1.807) is 12.4 Å². The average molecular weight is 241 g/mol. The minimum Gasteiger partial charge on any atom is -0.477 e. The van der Waals surface area contributed by atoms with Gasteiger partial charge in [-0.1, -0.05) is 0 Å². The number of aromatic carboxylic acids is 1. The van der Waals surface area contributed by atoms with Crippen molar-refractivity contribution < 1.29 is 9.90 Å². The van der Waals surface area contributed by atoms with E-state index in [2.05, 4.69) is 25.9 Å². The standard InChI is InChI=1S/C8H5BrN2O2/c9-5-1-4-2-10-7(8(12)13)6(4)11-3-5/h1-3,10H,(H,12,13). The third-order valence-electron chi connectivity index (χ3n) is 1.71. The molecule has 0 spiro atoms. The van der Waals surface area contributed by atoms with Gasteiger partial charge >= 0.3 is 5.97 Å². The van der Waals surface area contributed by atoms with Crippen LogP contribution >= 0.6 is 15.9 Å². The summed E-state index contributed by atoms with van der Waals surface area (Å²) in [6.45, 7) is 0. The number of carbonyl (C=O) groups is 1. The second-order valence-corrected chi connectivity index (χ2v) is 3.48. The molecule has 2 aromatic heterocycles. The summed E-state index contributed by atoms with van der Waals surface area (Å²) in [5, 5.41) is 9.54. The summed E-state index contributed by atoms with van der Waals surface area (Å²) in [6, 6.07) is 1.81. The first-order valence-electron chi connectivity index (χ1n) is 3.54. The maximum atomic E-state index is 10.7. The Morgan fingerprint density at radius 3 is 3.08 bits per heavy atom. The van der Waals surface area contributed by atoms with Crippen LogP contribution in [0.1, 0.15) is 10.5 Å². The highest BCUT2D eigenvalue weighted by atomic mass is 79.9. The number of aromatic nitrogens is 2. The Bertz CT molecular complexity index is 478. The largest absolute Gasteiger partial charge is 0.477 e. The predicted octanol–water partition coefficient (Wildman–Crippen LogP) is 2.02. The molecular weight excluding hydrogens is 236 g/mol. The van der Waals surface area contributed by atoms with Crippen LogP contribution in [0.2, 0.25) is 0 Å². The van der Waals surface area contributed by atoms with Gasteiger partial charge in [-0.25, -0.2) is 4.79 Å². The number of carboxylic acid groups (broad SMARTS) is 1. The summed E-state index contributed by atoms with van der Waals surface area (Å²) in [6.07, 6.45) is 3.19. The molecule has 0 unspecified atom stereocenters. The summed E-state index contributed by atoms with van der Waals surface area (Å²) >= 11 is 3.25. The van der Waals surface area contributed by atoms with Gasteiger partial charge in [0.05, 0.1) is 0 Å². The minimum absolute atomic E-state index is 0.127. The first-order valence-corrected chi connectivity index (χ1v) is 4.33.